The minimum Gasteiger partial charge on any atom is -0.494 e. The molecule has 0 atom stereocenters. The number of fused-ring (bicyclic) bond motifs is 1. The van der Waals surface area contributed by atoms with Crippen LogP contribution in [0.15, 0.2) is 53.3 Å². The molecule has 5 nitrogen and oxygen atoms in total. The van der Waals surface area contributed by atoms with E-state index < -0.39 is 0 Å². The van der Waals surface area contributed by atoms with Gasteiger partial charge in [-0.25, -0.2) is 4.98 Å². The second-order valence-corrected chi connectivity index (χ2v) is 6.70. The fourth-order valence-electron chi connectivity index (χ4n) is 2.61. The third-order valence-electron chi connectivity index (χ3n) is 4.14. The van der Waals surface area contributed by atoms with E-state index in [1.807, 2.05) is 30.3 Å². The number of ether oxygens (including phenoxy) is 1. The van der Waals surface area contributed by atoms with Gasteiger partial charge >= 0.3 is 0 Å². The van der Waals surface area contributed by atoms with Crippen LogP contribution in [0.1, 0.15) is 31.7 Å². The van der Waals surface area contributed by atoms with Gasteiger partial charge in [0.15, 0.2) is 5.82 Å². The molecule has 5 heteroatoms. The van der Waals surface area contributed by atoms with E-state index in [0.717, 1.165) is 17.7 Å². The van der Waals surface area contributed by atoms with Crippen molar-refractivity contribution in [1.29, 1.82) is 5.26 Å². The number of benzene rings is 2. The normalized spacial score (nSPS) is 11.6. The maximum absolute atomic E-state index is 12.2. The molecule has 0 saturated carbocycles. The highest BCUT2D eigenvalue weighted by Crippen LogP contribution is 2.19. The van der Waals surface area contributed by atoms with Crippen molar-refractivity contribution in [1.82, 2.24) is 9.97 Å². The van der Waals surface area contributed by atoms with Gasteiger partial charge in [0.2, 0.25) is 0 Å². The van der Waals surface area contributed by atoms with Crippen LogP contribution in [0.4, 0.5) is 0 Å². The molecule has 0 aliphatic heterocycles. The van der Waals surface area contributed by atoms with Gasteiger partial charge in [0, 0.05) is 0 Å². The molecule has 0 unspecified atom stereocenters. The fourth-order valence-corrected chi connectivity index (χ4v) is 2.61. The molecular weight excluding hydrogens is 338 g/mol. The van der Waals surface area contributed by atoms with Gasteiger partial charge in [-0.15, -0.1) is 0 Å². The summed E-state index contributed by atoms with van der Waals surface area (Å²) in [6.07, 6.45) is 2.70. The number of aromatic nitrogens is 2. The quantitative estimate of drug-likeness (QED) is 0.661. The molecule has 0 amide bonds. The smallest absolute Gasteiger partial charge is 0.259 e. The standard InChI is InChI=1S/C22H21N3O2/c1-15(2)11-12-27-18-9-7-16(8-10-18)13-17(14-23)21-24-20-6-4-3-5-19(20)22(26)25-21/h3-10,13,15H,11-12H2,1-2H3,(H,24,25,26)/b17-13+. The van der Waals surface area contributed by atoms with Crippen molar-refractivity contribution in [3.8, 4) is 11.8 Å². The molecule has 1 aromatic heterocycles. The topological polar surface area (TPSA) is 78.8 Å². The van der Waals surface area contributed by atoms with Gasteiger partial charge < -0.3 is 9.72 Å². The van der Waals surface area contributed by atoms with Gasteiger partial charge in [-0.2, -0.15) is 5.26 Å². The number of aromatic amines is 1. The molecule has 0 aliphatic rings. The first-order valence-corrected chi connectivity index (χ1v) is 8.91. The summed E-state index contributed by atoms with van der Waals surface area (Å²) in [5.41, 5.74) is 1.43. The Morgan fingerprint density at radius 2 is 1.96 bits per heavy atom. The molecule has 1 heterocycles. The number of rotatable bonds is 6. The fraction of sp³-hybridized carbons (Fsp3) is 0.227. The Kier molecular flexibility index (Phi) is 5.68. The molecule has 0 bridgehead atoms. The van der Waals surface area contributed by atoms with E-state index in [1.165, 1.54) is 0 Å². The van der Waals surface area contributed by atoms with E-state index in [9.17, 15) is 10.1 Å². The number of nitrogens with zero attached hydrogens (tertiary/aromatic N) is 2. The Labute approximate surface area is 158 Å². The molecule has 0 radical (unpaired) electrons. The third-order valence-corrected chi connectivity index (χ3v) is 4.14. The number of nitriles is 1. The van der Waals surface area contributed by atoms with Crippen LogP contribution in [0.2, 0.25) is 0 Å². The summed E-state index contributed by atoms with van der Waals surface area (Å²) < 4.78 is 5.71. The van der Waals surface area contributed by atoms with Crippen LogP contribution in [0.5, 0.6) is 5.75 Å². The summed E-state index contributed by atoms with van der Waals surface area (Å²) in [6, 6.07) is 16.7. The maximum Gasteiger partial charge on any atom is 0.259 e. The number of H-pyrrole nitrogens is 1. The van der Waals surface area contributed by atoms with E-state index in [-0.39, 0.29) is 11.4 Å². The second-order valence-electron chi connectivity index (χ2n) is 6.70. The average molecular weight is 359 g/mol. The Bertz CT molecular complexity index is 1060. The zero-order valence-electron chi connectivity index (χ0n) is 15.4. The van der Waals surface area contributed by atoms with Crippen LogP contribution in [0.25, 0.3) is 22.6 Å². The lowest BCUT2D eigenvalue weighted by atomic mass is 10.1. The van der Waals surface area contributed by atoms with Gasteiger partial charge in [-0.1, -0.05) is 38.1 Å². The molecular formula is C22H21N3O2. The van der Waals surface area contributed by atoms with Crippen LogP contribution in [0.3, 0.4) is 0 Å². The lowest BCUT2D eigenvalue weighted by Crippen LogP contribution is -2.11. The molecule has 27 heavy (non-hydrogen) atoms. The number of hydrogen-bond donors (Lipinski definition) is 1. The van der Waals surface area contributed by atoms with Crippen LogP contribution in [0, 0.1) is 17.2 Å². The summed E-state index contributed by atoms with van der Waals surface area (Å²) in [7, 11) is 0. The van der Waals surface area contributed by atoms with Crippen LogP contribution in [-0.2, 0) is 0 Å². The largest absolute Gasteiger partial charge is 0.494 e. The van der Waals surface area contributed by atoms with E-state index >= 15 is 0 Å². The molecule has 0 saturated heterocycles. The van der Waals surface area contributed by atoms with Gasteiger partial charge in [-0.3, -0.25) is 4.79 Å². The SMILES string of the molecule is CC(C)CCOc1ccc(/C=C(\C#N)c2nc3ccccc3c(=O)[nH]2)cc1. The minimum absolute atomic E-state index is 0.259. The van der Waals surface area contributed by atoms with Crippen LogP contribution >= 0.6 is 0 Å². The first-order chi connectivity index (χ1) is 13.1. The van der Waals surface area contributed by atoms with Crippen molar-refractivity contribution in [2.24, 2.45) is 5.92 Å². The Hall–Kier alpha value is -3.39. The predicted molar refractivity (Wildman–Crippen MR) is 107 cm³/mol. The number of allylic oxidation sites excluding steroid dienone is 1. The summed E-state index contributed by atoms with van der Waals surface area (Å²) in [4.78, 5) is 19.3. The average Bonchev–Trinajstić information content (AvgIpc) is 2.67. The number of para-hydroxylation sites is 1. The van der Waals surface area contributed by atoms with Gasteiger partial charge in [-0.05, 0) is 48.2 Å². The molecule has 0 spiro atoms. The highest BCUT2D eigenvalue weighted by molar-refractivity contribution is 5.89. The Morgan fingerprint density at radius 1 is 1.22 bits per heavy atom. The molecule has 3 aromatic rings. The monoisotopic (exact) mass is 359 g/mol. The van der Waals surface area contributed by atoms with Gasteiger partial charge in [0.25, 0.3) is 5.56 Å². The van der Waals surface area contributed by atoms with Crippen molar-refractivity contribution in [2.45, 2.75) is 20.3 Å². The first-order valence-electron chi connectivity index (χ1n) is 8.91. The first kappa shape index (κ1) is 18.4. The van der Waals surface area contributed by atoms with Crippen molar-refractivity contribution < 1.29 is 4.74 Å². The van der Waals surface area contributed by atoms with Crippen molar-refractivity contribution in [3.63, 3.8) is 0 Å². The van der Waals surface area contributed by atoms with E-state index in [1.54, 1.807) is 24.3 Å². The van der Waals surface area contributed by atoms with Gasteiger partial charge in [0.05, 0.1) is 23.1 Å². The molecule has 2 aromatic carbocycles. The van der Waals surface area contributed by atoms with E-state index in [2.05, 4.69) is 29.9 Å². The lowest BCUT2D eigenvalue weighted by molar-refractivity contribution is 0.289. The zero-order chi connectivity index (χ0) is 19.2. The summed E-state index contributed by atoms with van der Waals surface area (Å²) in [5.74, 6) is 1.66. The lowest BCUT2D eigenvalue weighted by Gasteiger charge is -2.08. The molecule has 0 aliphatic carbocycles. The highest BCUT2D eigenvalue weighted by Gasteiger charge is 2.08. The predicted octanol–water partition coefficient (Wildman–Crippen LogP) is 4.41. The summed E-state index contributed by atoms with van der Waals surface area (Å²) in [6.45, 7) is 5.00. The third kappa shape index (κ3) is 4.62. The molecule has 3 rings (SSSR count). The Balaban J connectivity index is 1.84. The van der Waals surface area contributed by atoms with Crippen LogP contribution < -0.4 is 10.3 Å². The van der Waals surface area contributed by atoms with Crippen molar-refractivity contribution in [2.75, 3.05) is 6.61 Å². The van der Waals surface area contributed by atoms with Crippen molar-refractivity contribution >= 4 is 22.6 Å². The molecule has 1 N–H and O–H groups in total. The van der Waals surface area contributed by atoms with Crippen molar-refractivity contribution in [3.05, 3.63) is 70.3 Å². The summed E-state index contributed by atoms with van der Waals surface area (Å²) >= 11 is 0. The molecule has 136 valence electrons. The minimum atomic E-state index is -0.259. The molecule has 0 fully saturated rings. The summed E-state index contributed by atoms with van der Waals surface area (Å²) in [5, 5.41) is 10.0. The number of hydrogen-bond acceptors (Lipinski definition) is 4. The zero-order valence-corrected chi connectivity index (χ0v) is 15.4. The van der Waals surface area contributed by atoms with E-state index in [4.69, 9.17) is 4.74 Å². The van der Waals surface area contributed by atoms with E-state index in [0.29, 0.717) is 29.0 Å². The van der Waals surface area contributed by atoms with Gasteiger partial charge in [0.1, 0.15) is 11.8 Å². The van der Waals surface area contributed by atoms with Crippen LogP contribution in [-0.4, -0.2) is 16.6 Å². The highest BCUT2D eigenvalue weighted by atomic mass is 16.5. The second kappa shape index (κ2) is 8.33. The number of nitrogens with one attached hydrogen (secondary N) is 1. The Morgan fingerprint density at radius 3 is 2.67 bits per heavy atom. The maximum atomic E-state index is 12.2.